The molecule has 1 aliphatic heterocycles. The molecular weight excluding hydrogens is 398 g/mol. The number of aromatic nitrogens is 2. The zero-order valence-corrected chi connectivity index (χ0v) is 17.8. The molecule has 0 saturated carbocycles. The maximum atomic E-state index is 13.1. The first-order chi connectivity index (χ1) is 14.7. The van der Waals surface area contributed by atoms with Crippen molar-refractivity contribution >= 4 is 11.7 Å². The van der Waals surface area contributed by atoms with Crippen LogP contribution in [-0.4, -0.2) is 32.4 Å². The molecule has 0 amide bonds. The minimum Gasteiger partial charge on any atom is -0.504 e. The number of carbonyl (C=O) groups is 1. The van der Waals surface area contributed by atoms with Crippen molar-refractivity contribution in [2.75, 3.05) is 7.11 Å². The Morgan fingerprint density at radius 1 is 1.13 bits per heavy atom. The van der Waals surface area contributed by atoms with Gasteiger partial charge in [0.15, 0.2) is 11.5 Å². The topological polar surface area (TPSA) is 106 Å². The van der Waals surface area contributed by atoms with E-state index in [1.807, 2.05) is 6.07 Å². The quantitative estimate of drug-likeness (QED) is 0.676. The van der Waals surface area contributed by atoms with E-state index in [0.29, 0.717) is 46.7 Å². The summed E-state index contributed by atoms with van der Waals surface area (Å²) in [4.78, 5) is 29.1. The highest BCUT2D eigenvalue weighted by Crippen LogP contribution is 2.36. The number of phenolic OH excluding ortho intramolecular Hbond substituents is 1. The van der Waals surface area contributed by atoms with Crippen LogP contribution in [0.1, 0.15) is 27.0 Å². The van der Waals surface area contributed by atoms with Gasteiger partial charge in [0.2, 0.25) is 0 Å². The van der Waals surface area contributed by atoms with E-state index in [2.05, 4.69) is 0 Å². The molecule has 31 heavy (non-hydrogen) atoms. The monoisotopic (exact) mass is 421 g/mol. The smallest absolute Gasteiger partial charge is 0.335 e. The molecule has 0 spiro atoms. The van der Waals surface area contributed by atoms with Crippen LogP contribution in [0.2, 0.25) is 0 Å². The van der Waals surface area contributed by atoms with Crippen LogP contribution in [0.15, 0.2) is 40.1 Å². The van der Waals surface area contributed by atoms with Crippen LogP contribution in [0.3, 0.4) is 0 Å². The van der Waals surface area contributed by atoms with E-state index in [9.17, 15) is 19.8 Å². The highest BCUT2D eigenvalue weighted by atomic mass is 16.5. The van der Waals surface area contributed by atoms with E-state index in [1.54, 1.807) is 49.7 Å². The molecule has 1 aliphatic rings. The molecular formula is C23H23N3O5. The molecule has 0 unspecified atom stereocenters. The van der Waals surface area contributed by atoms with E-state index in [-0.39, 0.29) is 17.0 Å². The summed E-state index contributed by atoms with van der Waals surface area (Å²) in [6, 6.07) is 8.38. The van der Waals surface area contributed by atoms with E-state index >= 15 is 0 Å². The first kappa shape index (κ1) is 20.5. The van der Waals surface area contributed by atoms with Crippen molar-refractivity contribution in [2.24, 2.45) is 12.0 Å². The third kappa shape index (κ3) is 3.39. The number of benzene rings is 2. The van der Waals surface area contributed by atoms with Crippen LogP contribution in [0.25, 0.3) is 11.3 Å². The lowest BCUT2D eigenvalue weighted by atomic mass is 9.97. The third-order valence-electron chi connectivity index (χ3n) is 5.67. The van der Waals surface area contributed by atoms with Gasteiger partial charge in [-0.05, 0) is 61.2 Å². The number of carboxylic acids is 1. The average molecular weight is 421 g/mol. The van der Waals surface area contributed by atoms with Gasteiger partial charge in [-0.3, -0.25) is 9.13 Å². The molecule has 0 atom stereocenters. The number of hydrogen-bond donors (Lipinski definition) is 2. The zero-order valence-electron chi connectivity index (χ0n) is 17.8. The van der Waals surface area contributed by atoms with Crippen molar-refractivity contribution in [2.45, 2.75) is 26.8 Å². The van der Waals surface area contributed by atoms with Crippen LogP contribution < -0.4 is 15.9 Å². The molecule has 1 aromatic heterocycles. The van der Waals surface area contributed by atoms with Gasteiger partial charge in [-0.1, -0.05) is 0 Å². The summed E-state index contributed by atoms with van der Waals surface area (Å²) in [6.07, 6.45) is 0.616. The summed E-state index contributed by atoms with van der Waals surface area (Å²) in [5.74, 6) is -0.598. The van der Waals surface area contributed by atoms with E-state index < -0.39 is 5.97 Å². The van der Waals surface area contributed by atoms with Crippen molar-refractivity contribution in [3.05, 3.63) is 68.6 Å². The Morgan fingerprint density at radius 2 is 1.81 bits per heavy atom. The van der Waals surface area contributed by atoms with Gasteiger partial charge in [-0.15, -0.1) is 0 Å². The van der Waals surface area contributed by atoms with Gasteiger partial charge in [-0.25, -0.2) is 14.6 Å². The second-order valence-electron chi connectivity index (χ2n) is 7.69. The highest BCUT2D eigenvalue weighted by molar-refractivity contribution is 5.89. The van der Waals surface area contributed by atoms with Crippen LogP contribution >= 0.6 is 0 Å². The normalized spacial score (nSPS) is 13.0. The molecule has 3 aromatic rings. The Bertz CT molecular complexity index is 1340. The standard InChI is InChI=1S/C23H23N3O5/c1-12-7-15(22(28)29)8-13(2)21(12)24-20-11-17-16-10-19(31-4)18(27)9-14(16)5-6-26(17)23(30)25(20)3/h7-11,27H,5-6H2,1-4H3,(H,28,29). The Labute approximate surface area is 178 Å². The van der Waals surface area contributed by atoms with Crippen molar-refractivity contribution < 1.29 is 19.7 Å². The molecule has 2 heterocycles. The zero-order chi connectivity index (χ0) is 22.4. The Morgan fingerprint density at radius 3 is 2.42 bits per heavy atom. The Balaban J connectivity index is 1.98. The van der Waals surface area contributed by atoms with Crippen molar-refractivity contribution in [1.82, 2.24) is 9.13 Å². The lowest BCUT2D eigenvalue weighted by Crippen LogP contribution is -2.40. The van der Waals surface area contributed by atoms with Gasteiger partial charge >= 0.3 is 11.7 Å². The van der Waals surface area contributed by atoms with Crippen LogP contribution in [0.5, 0.6) is 11.5 Å². The van der Waals surface area contributed by atoms with Crippen molar-refractivity contribution in [3.8, 4) is 22.8 Å². The molecule has 0 aliphatic carbocycles. The van der Waals surface area contributed by atoms with E-state index in [1.165, 1.54) is 11.7 Å². The molecule has 0 saturated heterocycles. The van der Waals surface area contributed by atoms with Crippen molar-refractivity contribution in [1.29, 1.82) is 0 Å². The predicted molar refractivity (Wildman–Crippen MR) is 115 cm³/mol. The number of aryl methyl sites for hydroxylation is 3. The molecule has 0 radical (unpaired) electrons. The molecule has 4 rings (SSSR count). The third-order valence-corrected chi connectivity index (χ3v) is 5.67. The summed E-state index contributed by atoms with van der Waals surface area (Å²) in [5.41, 5.74) is 4.93. The lowest BCUT2D eigenvalue weighted by Gasteiger charge is -2.23. The van der Waals surface area contributed by atoms with Crippen LogP contribution in [0.4, 0.5) is 5.69 Å². The molecule has 0 fully saturated rings. The van der Waals surface area contributed by atoms with Crippen LogP contribution in [-0.2, 0) is 20.0 Å². The van der Waals surface area contributed by atoms with Crippen LogP contribution in [0, 0.1) is 13.8 Å². The summed E-state index contributed by atoms with van der Waals surface area (Å²) in [7, 11) is 3.15. The van der Waals surface area contributed by atoms with Gasteiger partial charge in [-0.2, -0.15) is 0 Å². The number of carboxylic acid groups (broad SMARTS) is 1. The highest BCUT2D eigenvalue weighted by Gasteiger charge is 2.21. The number of ether oxygens (including phenoxy) is 1. The first-order valence-electron chi connectivity index (χ1n) is 9.81. The number of nitrogens with zero attached hydrogens (tertiary/aromatic N) is 3. The number of fused-ring (bicyclic) bond motifs is 3. The first-order valence-corrected chi connectivity index (χ1v) is 9.81. The fourth-order valence-corrected chi connectivity index (χ4v) is 4.05. The minimum atomic E-state index is -0.996. The Kier molecular flexibility index (Phi) is 4.93. The minimum absolute atomic E-state index is 0.0632. The van der Waals surface area contributed by atoms with Gasteiger partial charge < -0.3 is 14.9 Å². The summed E-state index contributed by atoms with van der Waals surface area (Å²) < 4.78 is 8.42. The molecule has 2 N–H and O–H groups in total. The largest absolute Gasteiger partial charge is 0.504 e. The van der Waals surface area contributed by atoms with Gasteiger partial charge in [0, 0.05) is 25.2 Å². The number of phenols is 1. The number of methoxy groups -OCH3 is 1. The second-order valence-corrected chi connectivity index (χ2v) is 7.69. The van der Waals surface area contributed by atoms with E-state index in [4.69, 9.17) is 9.73 Å². The molecule has 0 bridgehead atoms. The van der Waals surface area contributed by atoms with E-state index in [0.717, 1.165) is 11.1 Å². The maximum Gasteiger partial charge on any atom is 0.335 e. The molecule has 8 heteroatoms. The number of hydrogen-bond acceptors (Lipinski definition) is 5. The molecule has 2 aromatic carbocycles. The number of rotatable bonds is 3. The average Bonchev–Trinajstić information content (AvgIpc) is 2.73. The van der Waals surface area contributed by atoms with Gasteiger partial charge in [0.25, 0.3) is 0 Å². The Hall–Kier alpha value is -3.81. The van der Waals surface area contributed by atoms with Crippen molar-refractivity contribution in [3.63, 3.8) is 0 Å². The van der Waals surface area contributed by atoms with Gasteiger partial charge in [0.05, 0.1) is 24.1 Å². The lowest BCUT2D eigenvalue weighted by molar-refractivity contribution is 0.0696. The fraction of sp³-hybridized carbons (Fsp3) is 0.261. The number of aromatic hydroxyl groups is 1. The summed E-state index contributed by atoms with van der Waals surface area (Å²) in [5, 5.41) is 19.4. The second kappa shape index (κ2) is 7.46. The summed E-state index contributed by atoms with van der Waals surface area (Å²) in [6.45, 7) is 4.09. The summed E-state index contributed by atoms with van der Waals surface area (Å²) >= 11 is 0. The number of aromatic carboxylic acids is 1. The molecule has 160 valence electrons. The molecule has 8 nitrogen and oxygen atoms in total. The predicted octanol–water partition coefficient (Wildman–Crippen LogP) is 2.67. The SMILES string of the molecule is COc1cc2c(cc1O)CCn1c-2cc(=Nc2c(C)cc(C(=O)O)cc2C)n(C)c1=O. The van der Waals surface area contributed by atoms with Gasteiger partial charge in [0.1, 0.15) is 5.49 Å². The maximum absolute atomic E-state index is 13.1. The fourth-order valence-electron chi connectivity index (χ4n) is 4.05.